The van der Waals surface area contributed by atoms with Crippen molar-refractivity contribution < 1.29 is 15.1 Å². The van der Waals surface area contributed by atoms with Crippen LogP contribution in [0.1, 0.15) is 20.3 Å². The minimum atomic E-state index is -0.469. The molecule has 0 saturated carbocycles. The molecule has 4 N–H and O–H groups in total. The Kier molecular flexibility index (Phi) is 5.07. The van der Waals surface area contributed by atoms with Crippen molar-refractivity contribution in [3.8, 4) is 0 Å². The summed E-state index contributed by atoms with van der Waals surface area (Å²) in [5, 5.41) is 24.3. The SMILES string of the molecule is CCN[NH+]([O-])C1=C(O)C(CNC)C(C)CC1=O. The van der Waals surface area contributed by atoms with Gasteiger partial charge in [-0.25, -0.2) is 0 Å². The van der Waals surface area contributed by atoms with E-state index in [1.165, 1.54) is 0 Å². The predicted molar refractivity (Wildman–Crippen MR) is 63.9 cm³/mol. The molecule has 6 nitrogen and oxygen atoms in total. The molecule has 0 heterocycles. The van der Waals surface area contributed by atoms with Gasteiger partial charge >= 0.3 is 0 Å². The molecule has 6 heteroatoms. The molecule has 0 amide bonds. The fourth-order valence-corrected chi connectivity index (χ4v) is 2.14. The van der Waals surface area contributed by atoms with Crippen LogP contribution in [0.2, 0.25) is 0 Å². The van der Waals surface area contributed by atoms with Crippen LogP contribution in [0.15, 0.2) is 11.5 Å². The third-order valence-electron chi connectivity index (χ3n) is 3.07. The van der Waals surface area contributed by atoms with Crippen LogP contribution in [0.5, 0.6) is 0 Å². The van der Waals surface area contributed by atoms with Crippen molar-refractivity contribution in [1.29, 1.82) is 0 Å². The van der Waals surface area contributed by atoms with E-state index >= 15 is 0 Å². The highest BCUT2D eigenvalue weighted by molar-refractivity contribution is 5.94. The van der Waals surface area contributed by atoms with Gasteiger partial charge in [0.2, 0.25) is 11.5 Å². The zero-order valence-electron chi connectivity index (χ0n) is 10.5. The Balaban J connectivity index is 2.99. The lowest BCUT2D eigenvalue weighted by atomic mass is 9.81. The second kappa shape index (κ2) is 6.11. The largest absolute Gasteiger partial charge is 0.608 e. The number of Topliss-reactive ketones (excluding diaryl/α,β-unsaturated/α-hetero) is 1. The molecular weight excluding hydrogens is 222 g/mol. The zero-order valence-corrected chi connectivity index (χ0v) is 10.5. The molecule has 1 rings (SSSR count). The van der Waals surface area contributed by atoms with Crippen molar-refractivity contribution in [2.45, 2.75) is 20.3 Å². The standard InChI is InChI=1S/C11H21N3O3/c1-4-13-14(17)10-9(15)5-7(2)8(6-12-3)11(10)16/h7-8,12-14,16H,4-6H2,1-3H3. The van der Waals surface area contributed by atoms with Crippen LogP contribution in [0.3, 0.4) is 0 Å². The summed E-state index contributed by atoms with van der Waals surface area (Å²) in [6.45, 7) is 4.68. The van der Waals surface area contributed by atoms with Crippen molar-refractivity contribution in [3.63, 3.8) is 0 Å². The molecular formula is C11H21N3O3. The Bertz CT molecular complexity index is 317. The lowest BCUT2D eigenvalue weighted by Gasteiger charge is -2.32. The second-order valence-electron chi connectivity index (χ2n) is 4.39. The molecule has 0 radical (unpaired) electrons. The molecule has 3 atom stereocenters. The number of carbonyl (C=O) groups is 1. The maximum atomic E-state index is 11.8. The normalized spacial score (nSPS) is 27.4. The summed E-state index contributed by atoms with van der Waals surface area (Å²) < 4.78 is 0. The Labute approximate surface area is 101 Å². The summed E-state index contributed by atoms with van der Waals surface area (Å²) >= 11 is 0. The fourth-order valence-electron chi connectivity index (χ4n) is 2.14. The van der Waals surface area contributed by atoms with E-state index in [-0.39, 0.29) is 29.1 Å². The van der Waals surface area contributed by atoms with Crippen LogP contribution in [0.25, 0.3) is 0 Å². The van der Waals surface area contributed by atoms with E-state index < -0.39 is 5.17 Å². The monoisotopic (exact) mass is 243 g/mol. The number of quaternary nitrogens is 1. The topological polar surface area (TPSA) is 88.9 Å². The molecule has 17 heavy (non-hydrogen) atoms. The average Bonchev–Trinajstić information content (AvgIpc) is 2.24. The molecule has 1 aliphatic carbocycles. The zero-order chi connectivity index (χ0) is 13.0. The van der Waals surface area contributed by atoms with Crippen molar-refractivity contribution in [1.82, 2.24) is 10.7 Å². The number of hydrogen-bond acceptors (Lipinski definition) is 5. The third-order valence-corrected chi connectivity index (χ3v) is 3.07. The first-order chi connectivity index (χ1) is 8.02. The molecule has 98 valence electrons. The van der Waals surface area contributed by atoms with Crippen LogP contribution in [-0.4, -0.2) is 31.0 Å². The lowest BCUT2D eigenvalue weighted by molar-refractivity contribution is -0.853. The highest BCUT2D eigenvalue weighted by Gasteiger charge is 2.37. The van der Waals surface area contributed by atoms with Gasteiger partial charge in [-0.15, -0.1) is 0 Å². The van der Waals surface area contributed by atoms with Crippen LogP contribution < -0.4 is 15.9 Å². The number of hydroxylamine groups is 1. The summed E-state index contributed by atoms with van der Waals surface area (Å²) in [6.07, 6.45) is 0.308. The fraction of sp³-hybridized carbons (Fsp3) is 0.727. The molecule has 0 saturated heterocycles. The average molecular weight is 243 g/mol. The molecule has 0 aromatic rings. The van der Waals surface area contributed by atoms with E-state index in [2.05, 4.69) is 10.7 Å². The predicted octanol–water partition coefficient (Wildman–Crippen LogP) is -0.892. The summed E-state index contributed by atoms with van der Waals surface area (Å²) in [5.74, 6) is -0.467. The number of nitrogens with one attached hydrogen (secondary N) is 3. The van der Waals surface area contributed by atoms with Crippen molar-refractivity contribution in [2.75, 3.05) is 20.1 Å². The van der Waals surface area contributed by atoms with Crippen LogP contribution in [0.4, 0.5) is 0 Å². The van der Waals surface area contributed by atoms with Gasteiger partial charge in [0.05, 0.1) is 0 Å². The van der Waals surface area contributed by atoms with Gasteiger partial charge in [0.25, 0.3) is 0 Å². The van der Waals surface area contributed by atoms with Gasteiger partial charge < -0.3 is 15.6 Å². The molecule has 3 unspecified atom stereocenters. The smallest absolute Gasteiger partial charge is 0.232 e. The van der Waals surface area contributed by atoms with Gasteiger partial charge in [-0.3, -0.25) is 9.97 Å². The Morgan fingerprint density at radius 2 is 2.24 bits per heavy atom. The molecule has 0 aromatic heterocycles. The van der Waals surface area contributed by atoms with Crippen molar-refractivity contribution in [2.24, 2.45) is 11.8 Å². The first-order valence-corrected chi connectivity index (χ1v) is 5.92. The molecule has 0 bridgehead atoms. The van der Waals surface area contributed by atoms with E-state index in [0.717, 1.165) is 0 Å². The van der Waals surface area contributed by atoms with E-state index in [9.17, 15) is 15.1 Å². The number of allylic oxidation sites excluding steroid dienone is 1. The highest BCUT2D eigenvalue weighted by Crippen LogP contribution is 2.28. The summed E-state index contributed by atoms with van der Waals surface area (Å²) in [5.41, 5.74) is 2.49. The number of aliphatic hydroxyl groups excluding tert-OH is 1. The Hall–Kier alpha value is -0.950. The minimum absolute atomic E-state index is 0.0492. The van der Waals surface area contributed by atoms with Crippen LogP contribution in [-0.2, 0) is 4.79 Å². The quantitative estimate of drug-likeness (QED) is 0.470. The van der Waals surface area contributed by atoms with Crippen molar-refractivity contribution >= 4 is 5.78 Å². The minimum Gasteiger partial charge on any atom is -0.608 e. The van der Waals surface area contributed by atoms with E-state index in [0.29, 0.717) is 19.5 Å². The number of aliphatic hydroxyl groups is 1. The van der Waals surface area contributed by atoms with Gasteiger partial charge in [-0.05, 0) is 19.9 Å². The van der Waals surface area contributed by atoms with E-state index in [1.54, 1.807) is 14.0 Å². The molecule has 0 spiro atoms. The van der Waals surface area contributed by atoms with Crippen molar-refractivity contribution in [3.05, 3.63) is 16.7 Å². The summed E-state index contributed by atoms with van der Waals surface area (Å²) in [6, 6.07) is 0. The molecule has 0 aromatic carbocycles. The maximum absolute atomic E-state index is 11.8. The van der Waals surface area contributed by atoms with E-state index in [4.69, 9.17) is 0 Å². The Morgan fingerprint density at radius 1 is 1.59 bits per heavy atom. The van der Waals surface area contributed by atoms with Crippen LogP contribution in [0, 0.1) is 17.0 Å². The highest BCUT2D eigenvalue weighted by atomic mass is 16.5. The molecule has 0 fully saturated rings. The summed E-state index contributed by atoms with van der Waals surface area (Å²) in [4.78, 5) is 11.8. The first kappa shape index (κ1) is 14.1. The van der Waals surface area contributed by atoms with Gasteiger partial charge in [0.15, 0.2) is 5.76 Å². The lowest BCUT2D eigenvalue weighted by Crippen LogP contribution is -3.13. The van der Waals surface area contributed by atoms with Crippen LogP contribution >= 0.6 is 0 Å². The molecule has 1 aliphatic rings. The van der Waals surface area contributed by atoms with Gasteiger partial charge in [-0.1, -0.05) is 6.92 Å². The Morgan fingerprint density at radius 3 is 2.76 bits per heavy atom. The third kappa shape index (κ3) is 3.04. The van der Waals surface area contributed by atoms with E-state index in [1.807, 2.05) is 6.92 Å². The number of hydrogen-bond donors (Lipinski definition) is 4. The molecule has 0 aliphatic heterocycles. The number of rotatable bonds is 5. The van der Waals surface area contributed by atoms with Gasteiger partial charge in [0, 0.05) is 25.4 Å². The van der Waals surface area contributed by atoms with Gasteiger partial charge in [-0.2, -0.15) is 5.43 Å². The first-order valence-electron chi connectivity index (χ1n) is 5.92. The van der Waals surface area contributed by atoms with Gasteiger partial charge in [0.1, 0.15) is 0 Å². The maximum Gasteiger partial charge on any atom is 0.232 e. The second-order valence-corrected chi connectivity index (χ2v) is 4.39. The summed E-state index contributed by atoms with van der Waals surface area (Å²) in [7, 11) is 1.78. The number of ketones is 1. The number of carbonyl (C=O) groups excluding carboxylic acids is 1.